The Morgan fingerprint density at radius 1 is 1.54 bits per heavy atom. The van der Waals surface area contributed by atoms with E-state index in [2.05, 4.69) is 25.6 Å². The van der Waals surface area contributed by atoms with E-state index >= 15 is 0 Å². The Balaban J connectivity index is 1.47. The molecule has 6 nitrogen and oxygen atoms in total. The maximum absolute atomic E-state index is 12.1. The molecule has 0 unspecified atom stereocenters. The highest BCUT2D eigenvalue weighted by molar-refractivity contribution is 7.09. The molecule has 1 amide bonds. The van der Waals surface area contributed by atoms with E-state index in [1.807, 2.05) is 19.1 Å². The van der Waals surface area contributed by atoms with Gasteiger partial charge in [-0.1, -0.05) is 6.07 Å². The number of amides is 1. The van der Waals surface area contributed by atoms with Gasteiger partial charge in [0.05, 0.1) is 29.3 Å². The van der Waals surface area contributed by atoms with Crippen LogP contribution in [0.1, 0.15) is 22.7 Å². The first kappa shape index (κ1) is 17.0. The molecule has 2 N–H and O–H groups in total. The Kier molecular flexibility index (Phi) is 5.55. The lowest BCUT2D eigenvalue weighted by Crippen LogP contribution is -2.54. The van der Waals surface area contributed by atoms with Crippen LogP contribution < -0.4 is 5.32 Å². The third-order valence-electron chi connectivity index (χ3n) is 4.15. The number of piperidine rings is 1. The summed E-state index contributed by atoms with van der Waals surface area (Å²) in [6.07, 6.45) is 3.84. The number of carbonyl (C=O) groups excluding carboxylic acids is 1. The Hall–Kier alpha value is -1.83. The molecular formula is C17H22N4O2S. The van der Waals surface area contributed by atoms with Crippen LogP contribution in [-0.4, -0.2) is 51.1 Å². The summed E-state index contributed by atoms with van der Waals surface area (Å²) >= 11 is 1.64. The van der Waals surface area contributed by atoms with Crippen molar-refractivity contribution in [1.82, 2.24) is 20.2 Å². The van der Waals surface area contributed by atoms with E-state index in [0.29, 0.717) is 13.0 Å². The number of β-amino-alcohol motifs (C(OH)–C–C–N with tert-alkyl or cyclic N) is 1. The Labute approximate surface area is 145 Å². The van der Waals surface area contributed by atoms with Crippen molar-refractivity contribution in [2.75, 3.05) is 13.1 Å². The number of pyridine rings is 1. The number of aliphatic hydroxyl groups excluding tert-OH is 1. The molecule has 1 aliphatic heterocycles. The van der Waals surface area contributed by atoms with Gasteiger partial charge in [0.2, 0.25) is 5.91 Å². The third-order valence-corrected chi connectivity index (χ3v) is 4.97. The number of aromatic nitrogens is 2. The number of likely N-dealkylation sites (tertiary alicyclic amines) is 1. The topological polar surface area (TPSA) is 78.4 Å². The first-order valence-electron chi connectivity index (χ1n) is 8.10. The van der Waals surface area contributed by atoms with Gasteiger partial charge in [0.1, 0.15) is 0 Å². The lowest BCUT2D eigenvalue weighted by atomic mass is 10.0. The zero-order valence-corrected chi connectivity index (χ0v) is 14.5. The van der Waals surface area contributed by atoms with Gasteiger partial charge in [0.25, 0.3) is 0 Å². The van der Waals surface area contributed by atoms with Gasteiger partial charge in [-0.2, -0.15) is 0 Å². The van der Waals surface area contributed by atoms with Crippen molar-refractivity contribution in [2.45, 2.75) is 38.5 Å². The van der Waals surface area contributed by atoms with Crippen LogP contribution in [0.15, 0.2) is 29.9 Å². The van der Waals surface area contributed by atoms with Crippen LogP contribution >= 0.6 is 11.3 Å². The van der Waals surface area contributed by atoms with Crippen molar-refractivity contribution < 1.29 is 9.90 Å². The maximum atomic E-state index is 12.1. The summed E-state index contributed by atoms with van der Waals surface area (Å²) in [5, 5.41) is 16.4. The molecular weight excluding hydrogens is 324 g/mol. The first-order chi connectivity index (χ1) is 11.6. The van der Waals surface area contributed by atoms with E-state index in [1.54, 1.807) is 23.7 Å². The molecule has 0 bridgehead atoms. The van der Waals surface area contributed by atoms with Gasteiger partial charge in [-0.15, -0.1) is 11.3 Å². The Morgan fingerprint density at radius 3 is 3.08 bits per heavy atom. The number of nitrogens with zero attached hydrogens (tertiary/aromatic N) is 3. The van der Waals surface area contributed by atoms with E-state index in [9.17, 15) is 9.90 Å². The van der Waals surface area contributed by atoms with Crippen LogP contribution in [0, 0.1) is 6.92 Å². The predicted molar refractivity (Wildman–Crippen MR) is 92.6 cm³/mol. The highest BCUT2D eigenvalue weighted by Gasteiger charge is 2.29. The van der Waals surface area contributed by atoms with Gasteiger partial charge in [-0.3, -0.25) is 14.7 Å². The van der Waals surface area contributed by atoms with Crippen molar-refractivity contribution in [2.24, 2.45) is 0 Å². The molecule has 2 atom stereocenters. The lowest BCUT2D eigenvalue weighted by Gasteiger charge is -2.36. The fourth-order valence-electron chi connectivity index (χ4n) is 2.96. The van der Waals surface area contributed by atoms with Gasteiger partial charge in [0, 0.05) is 37.4 Å². The van der Waals surface area contributed by atoms with Crippen LogP contribution in [0.5, 0.6) is 0 Å². The quantitative estimate of drug-likeness (QED) is 0.849. The minimum Gasteiger partial charge on any atom is -0.390 e. The van der Waals surface area contributed by atoms with Crippen molar-refractivity contribution in [3.8, 4) is 0 Å². The summed E-state index contributed by atoms with van der Waals surface area (Å²) < 4.78 is 0. The number of thiazole rings is 1. The SMILES string of the molecule is Cc1nc(CN2CC[C@@H](NC(=O)Cc3cccnc3)[C@H](O)C2)cs1. The summed E-state index contributed by atoms with van der Waals surface area (Å²) in [5.41, 5.74) is 1.92. The summed E-state index contributed by atoms with van der Waals surface area (Å²) in [4.78, 5) is 22.8. The fourth-order valence-corrected chi connectivity index (χ4v) is 3.57. The number of hydrogen-bond acceptors (Lipinski definition) is 6. The van der Waals surface area contributed by atoms with Gasteiger partial charge in [-0.25, -0.2) is 4.98 Å². The second kappa shape index (κ2) is 7.83. The van der Waals surface area contributed by atoms with E-state index in [1.165, 1.54) is 0 Å². The molecule has 2 aromatic rings. The molecule has 3 rings (SSSR count). The van der Waals surface area contributed by atoms with Crippen LogP contribution in [-0.2, 0) is 17.8 Å². The zero-order chi connectivity index (χ0) is 16.9. The maximum Gasteiger partial charge on any atom is 0.224 e. The molecule has 1 fully saturated rings. The minimum absolute atomic E-state index is 0.0735. The normalized spacial score (nSPS) is 21.6. The molecule has 0 spiro atoms. The number of hydrogen-bond donors (Lipinski definition) is 2. The zero-order valence-electron chi connectivity index (χ0n) is 13.7. The van der Waals surface area contributed by atoms with Crippen LogP contribution in [0.2, 0.25) is 0 Å². The van der Waals surface area contributed by atoms with Gasteiger partial charge in [0.15, 0.2) is 0 Å². The van der Waals surface area contributed by atoms with Crippen LogP contribution in [0.3, 0.4) is 0 Å². The van der Waals surface area contributed by atoms with Gasteiger partial charge >= 0.3 is 0 Å². The van der Waals surface area contributed by atoms with Crippen LogP contribution in [0.4, 0.5) is 0 Å². The molecule has 2 aromatic heterocycles. The fraction of sp³-hybridized carbons (Fsp3) is 0.471. The summed E-state index contributed by atoms with van der Waals surface area (Å²) in [7, 11) is 0. The summed E-state index contributed by atoms with van der Waals surface area (Å²) in [5.74, 6) is -0.0735. The molecule has 1 aliphatic rings. The van der Waals surface area contributed by atoms with Crippen LogP contribution in [0.25, 0.3) is 0 Å². The highest BCUT2D eigenvalue weighted by Crippen LogP contribution is 2.16. The average molecular weight is 346 g/mol. The van der Waals surface area contributed by atoms with Crippen molar-refractivity contribution in [1.29, 1.82) is 0 Å². The second-order valence-corrected chi connectivity index (χ2v) is 7.22. The monoisotopic (exact) mass is 346 g/mol. The van der Waals surface area contributed by atoms with Gasteiger partial charge < -0.3 is 10.4 Å². The van der Waals surface area contributed by atoms with E-state index in [-0.39, 0.29) is 11.9 Å². The van der Waals surface area contributed by atoms with Crippen molar-refractivity contribution >= 4 is 17.2 Å². The Bertz CT molecular complexity index is 676. The molecule has 3 heterocycles. The molecule has 0 saturated carbocycles. The number of carbonyl (C=O) groups is 1. The number of rotatable bonds is 5. The highest BCUT2D eigenvalue weighted by atomic mass is 32.1. The standard InChI is InChI=1S/C17H22N4O2S/c1-12-19-14(11-24-12)9-21-6-4-15(16(22)10-21)20-17(23)7-13-3-2-5-18-8-13/h2-3,5,8,11,15-16,22H,4,6-7,9-10H2,1H3,(H,20,23)/t15-,16-/m1/s1. The first-order valence-corrected chi connectivity index (χ1v) is 8.98. The largest absolute Gasteiger partial charge is 0.390 e. The van der Waals surface area contributed by atoms with E-state index in [0.717, 1.165) is 35.8 Å². The molecule has 1 saturated heterocycles. The molecule has 24 heavy (non-hydrogen) atoms. The number of nitrogens with one attached hydrogen (secondary N) is 1. The number of aliphatic hydroxyl groups is 1. The third kappa shape index (κ3) is 4.59. The smallest absolute Gasteiger partial charge is 0.224 e. The molecule has 7 heteroatoms. The minimum atomic E-state index is -0.559. The van der Waals surface area contributed by atoms with Crippen molar-refractivity contribution in [3.63, 3.8) is 0 Å². The predicted octanol–water partition coefficient (Wildman–Crippen LogP) is 1.14. The molecule has 128 valence electrons. The lowest BCUT2D eigenvalue weighted by molar-refractivity contribution is -0.122. The second-order valence-electron chi connectivity index (χ2n) is 6.16. The average Bonchev–Trinajstić information content (AvgIpc) is 2.96. The Morgan fingerprint density at radius 2 is 2.42 bits per heavy atom. The van der Waals surface area contributed by atoms with E-state index < -0.39 is 6.10 Å². The molecule has 0 aliphatic carbocycles. The van der Waals surface area contributed by atoms with E-state index in [4.69, 9.17) is 0 Å². The summed E-state index contributed by atoms with van der Waals surface area (Å²) in [6.45, 7) is 4.13. The van der Waals surface area contributed by atoms with Gasteiger partial charge in [-0.05, 0) is 25.0 Å². The van der Waals surface area contributed by atoms with Crippen molar-refractivity contribution in [3.05, 3.63) is 46.2 Å². The summed E-state index contributed by atoms with van der Waals surface area (Å²) in [6, 6.07) is 3.50. The molecule has 0 aromatic carbocycles. The molecule has 0 radical (unpaired) electrons. The number of aryl methyl sites for hydroxylation is 1.